The number of amides is 1. The molecular weight excluding hydrogens is 304 g/mol. The molecule has 0 saturated carbocycles. The minimum absolute atomic E-state index is 0.0535. The number of rotatable bonds is 2. The number of hydrogen-bond donors (Lipinski definition) is 1. The molecule has 3 rings (SSSR count). The Morgan fingerprint density at radius 3 is 3.05 bits per heavy atom. The van der Waals surface area contributed by atoms with Crippen LogP contribution in [0.3, 0.4) is 0 Å². The molecule has 4 heteroatoms. The summed E-state index contributed by atoms with van der Waals surface area (Å²) in [6, 6.07) is 8.62. The van der Waals surface area contributed by atoms with Crippen LogP contribution in [0.2, 0.25) is 0 Å². The number of nitrogens with zero attached hydrogens (tertiary/aromatic N) is 1. The summed E-state index contributed by atoms with van der Waals surface area (Å²) in [4.78, 5) is 14.8. The second kappa shape index (κ2) is 5.63. The van der Waals surface area contributed by atoms with E-state index < -0.39 is 0 Å². The van der Waals surface area contributed by atoms with E-state index in [-0.39, 0.29) is 5.91 Å². The molecule has 0 bridgehead atoms. The summed E-state index contributed by atoms with van der Waals surface area (Å²) in [5, 5.41) is 3.19. The normalized spacial score (nSPS) is 27.0. The third-order valence-corrected chi connectivity index (χ3v) is 4.74. The highest BCUT2D eigenvalue weighted by Gasteiger charge is 2.32. The Kier molecular flexibility index (Phi) is 3.89. The van der Waals surface area contributed by atoms with Crippen LogP contribution < -0.4 is 5.32 Å². The Labute approximate surface area is 122 Å². The number of fused-ring (bicyclic) bond motifs is 1. The minimum atomic E-state index is 0.0535. The van der Waals surface area contributed by atoms with Crippen molar-refractivity contribution in [3.05, 3.63) is 34.3 Å². The second-order valence-electron chi connectivity index (χ2n) is 5.54. The number of nitrogens with one attached hydrogen (secondary N) is 1. The van der Waals surface area contributed by atoms with Crippen LogP contribution in [-0.2, 0) is 0 Å². The topological polar surface area (TPSA) is 32.3 Å². The predicted octanol–water partition coefficient (Wildman–Crippen LogP) is 2.81. The molecule has 2 atom stereocenters. The highest BCUT2D eigenvalue weighted by atomic mass is 79.9. The van der Waals surface area contributed by atoms with Gasteiger partial charge in [-0.05, 0) is 50.4 Å². The van der Waals surface area contributed by atoms with E-state index >= 15 is 0 Å². The Hall–Kier alpha value is -0.870. The summed E-state index contributed by atoms with van der Waals surface area (Å²) >= 11 is 3.41. The SMILES string of the molecule is O=C(NC1CCN2CCCC2C1)c1cccc(Br)c1. The summed E-state index contributed by atoms with van der Waals surface area (Å²) in [6.45, 7) is 2.38. The first kappa shape index (κ1) is 13.1. The minimum Gasteiger partial charge on any atom is -0.349 e. The number of benzene rings is 1. The van der Waals surface area contributed by atoms with Gasteiger partial charge in [-0.1, -0.05) is 22.0 Å². The lowest BCUT2D eigenvalue weighted by Gasteiger charge is -2.35. The molecular formula is C15H19BrN2O. The molecule has 1 aromatic carbocycles. The number of hydrogen-bond acceptors (Lipinski definition) is 2. The van der Waals surface area contributed by atoms with E-state index in [2.05, 4.69) is 26.1 Å². The van der Waals surface area contributed by atoms with Gasteiger partial charge in [-0.15, -0.1) is 0 Å². The van der Waals surface area contributed by atoms with Crippen LogP contribution in [0.5, 0.6) is 0 Å². The summed E-state index contributed by atoms with van der Waals surface area (Å²) in [5.41, 5.74) is 0.739. The maximum absolute atomic E-state index is 12.2. The van der Waals surface area contributed by atoms with E-state index in [0.717, 1.165) is 29.4 Å². The van der Waals surface area contributed by atoms with Crippen LogP contribution in [0.15, 0.2) is 28.7 Å². The largest absolute Gasteiger partial charge is 0.349 e. The van der Waals surface area contributed by atoms with Crippen molar-refractivity contribution in [3.63, 3.8) is 0 Å². The molecule has 3 nitrogen and oxygen atoms in total. The van der Waals surface area contributed by atoms with Gasteiger partial charge in [-0.3, -0.25) is 4.79 Å². The van der Waals surface area contributed by atoms with Crippen molar-refractivity contribution in [3.8, 4) is 0 Å². The molecule has 1 N–H and O–H groups in total. The molecule has 1 amide bonds. The van der Waals surface area contributed by atoms with Gasteiger partial charge in [0.15, 0.2) is 0 Å². The molecule has 0 radical (unpaired) electrons. The van der Waals surface area contributed by atoms with Crippen LogP contribution in [0.25, 0.3) is 0 Å². The van der Waals surface area contributed by atoms with Crippen molar-refractivity contribution in [2.24, 2.45) is 0 Å². The quantitative estimate of drug-likeness (QED) is 0.908. The Morgan fingerprint density at radius 2 is 2.21 bits per heavy atom. The first-order valence-corrected chi connectivity index (χ1v) is 7.82. The fourth-order valence-electron chi connectivity index (χ4n) is 3.25. The fraction of sp³-hybridized carbons (Fsp3) is 0.533. The molecule has 0 spiro atoms. The molecule has 2 saturated heterocycles. The number of piperidine rings is 1. The van der Waals surface area contributed by atoms with Crippen molar-refractivity contribution < 1.29 is 4.79 Å². The Morgan fingerprint density at radius 1 is 1.32 bits per heavy atom. The molecule has 19 heavy (non-hydrogen) atoms. The van der Waals surface area contributed by atoms with E-state index in [4.69, 9.17) is 0 Å². The monoisotopic (exact) mass is 322 g/mol. The Bertz CT molecular complexity index is 477. The van der Waals surface area contributed by atoms with Crippen LogP contribution >= 0.6 is 15.9 Å². The van der Waals surface area contributed by atoms with Gasteiger partial charge in [0, 0.05) is 28.7 Å². The standard InChI is InChI=1S/C15H19BrN2O/c16-12-4-1-3-11(9-12)15(19)17-13-6-8-18-7-2-5-14(18)10-13/h1,3-4,9,13-14H,2,5-8,10H2,(H,17,19). The van der Waals surface area contributed by atoms with E-state index in [0.29, 0.717) is 12.1 Å². The molecule has 2 unspecified atom stereocenters. The van der Waals surface area contributed by atoms with Crippen molar-refractivity contribution in [2.75, 3.05) is 13.1 Å². The van der Waals surface area contributed by atoms with Crippen LogP contribution in [0.1, 0.15) is 36.0 Å². The average molecular weight is 323 g/mol. The van der Waals surface area contributed by atoms with Gasteiger partial charge in [0.05, 0.1) is 0 Å². The van der Waals surface area contributed by atoms with Gasteiger partial charge in [0.1, 0.15) is 0 Å². The van der Waals surface area contributed by atoms with E-state index in [1.807, 2.05) is 24.3 Å². The van der Waals surface area contributed by atoms with Crippen molar-refractivity contribution in [1.82, 2.24) is 10.2 Å². The third kappa shape index (κ3) is 3.00. The van der Waals surface area contributed by atoms with Crippen LogP contribution in [0.4, 0.5) is 0 Å². The molecule has 0 aromatic heterocycles. The molecule has 2 aliphatic heterocycles. The van der Waals surface area contributed by atoms with Gasteiger partial charge in [-0.25, -0.2) is 0 Å². The Balaban J connectivity index is 1.61. The lowest BCUT2D eigenvalue weighted by atomic mass is 9.97. The summed E-state index contributed by atoms with van der Waals surface area (Å²) in [7, 11) is 0. The lowest BCUT2D eigenvalue weighted by molar-refractivity contribution is 0.0896. The fourth-order valence-corrected chi connectivity index (χ4v) is 3.65. The summed E-state index contributed by atoms with van der Waals surface area (Å²) < 4.78 is 0.950. The summed E-state index contributed by atoms with van der Waals surface area (Å²) in [6.07, 6.45) is 4.80. The van der Waals surface area contributed by atoms with Crippen LogP contribution in [0, 0.1) is 0 Å². The first-order valence-electron chi connectivity index (χ1n) is 7.03. The molecule has 2 heterocycles. The van der Waals surface area contributed by atoms with Crippen LogP contribution in [-0.4, -0.2) is 36.0 Å². The van der Waals surface area contributed by atoms with Crippen molar-refractivity contribution >= 4 is 21.8 Å². The van der Waals surface area contributed by atoms with Gasteiger partial charge < -0.3 is 10.2 Å². The average Bonchev–Trinajstić information content (AvgIpc) is 2.86. The molecule has 1 aromatic rings. The smallest absolute Gasteiger partial charge is 0.251 e. The van der Waals surface area contributed by atoms with Crippen molar-refractivity contribution in [2.45, 2.75) is 37.8 Å². The third-order valence-electron chi connectivity index (χ3n) is 4.24. The number of carbonyl (C=O) groups excluding carboxylic acids is 1. The zero-order chi connectivity index (χ0) is 13.2. The summed E-state index contributed by atoms with van der Waals surface area (Å²) in [5.74, 6) is 0.0535. The molecule has 2 fully saturated rings. The molecule has 0 aliphatic carbocycles. The molecule has 102 valence electrons. The molecule has 2 aliphatic rings. The number of carbonyl (C=O) groups is 1. The predicted molar refractivity (Wildman–Crippen MR) is 79.2 cm³/mol. The highest BCUT2D eigenvalue weighted by molar-refractivity contribution is 9.10. The zero-order valence-electron chi connectivity index (χ0n) is 10.9. The number of halogens is 1. The van der Waals surface area contributed by atoms with Gasteiger partial charge >= 0.3 is 0 Å². The first-order chi connectivity index (χ1) is 9.22. The van der Waals surface area contributed by atoms with Gasteiger partial charge in [0.2, 0.25) is 0 Å². The van der Waals surface area contributed by atoms with E-state index in [1.54, 1.807) is 0 Å². The maximum atomic E-state index is 12.2. The second-order valence-corrected chi connectivity index (χ2v) is 6.45. The van der Waals surface area contributed by atoms with Gasteiger partial charge in [-0.2, -0.15) is 0 Å². The highest BCUT2D eigenvalue weighted by Crippen LogP contribution is 2.27. The zero-order valence-corrected chi connectivity index (χ0v) is 12.5. The maximum Gasteiger partial charge on any atom is 0.251 e. The van der Waals surface area contributed by atoms with E-state index in [1.165, 1.54) is 19.4 Å². The van der Waals surface area contributed by atoms with Crippen molar-refractivity contribution in [1.29, 1.82) is 0 Å². The van der Waals surface area contributed by atoms with Gasteiger partial charge in [0.25, 0.3) is 5.91 Å². The lowest BCUT2D eigenvalue weighted by Crippen LogP contribution is -2.47. The van der Waals surface area contributed by atoms with E-state index in [9.17, 15) is 4.79 Å².